The first-order valence-electron chi connectivity index (χ1n) is 17.8. The van der Waals surface area contributed by atoms with Gasteiger partial charge in [-0.25, -0.2) is 0 Å². The molecule has 10 rings (SSSR count). The summed E-state index contributed by atoms with van der Waals surface area (Å²) < 4.78 is 6.71. The molecule has 8 aromatic carbocycles. The van der Waals surface area contributed by atoms with Gasteiger partial charge in [0.05, 0.1) is 11.1 Å². The number of ether oxygens (including phenoxy) is 1. The molecular weight excluding hydrogens is 633 g/mol. The quantitative estimate of drug-likeness (QED) is 0.176. The average Bonchev–Trinajstić information content (AvgIpc) is 3.50. The molecule has 2 aliphatic rings. The summed E-state index contributed by atoms with van der Waals surface area (Å²) in [5, 5.41) is 0. The molecule has 1 aliphatic heterocycles. The Balaban J connectivity index is 1.32. The van der Waals surface area contributed by atoms with Crippen molar-refractivity contribution in [3.8, 4) is 22.6 Å². The van der Waals surface area contributed by atoms with Gasteiger partial charge in [-0.15, -0.1) is 0 Å². The minimum Gasteiger partial charge on any atom is -0.457 e. The lowest BCUT2D eigenvalue weighted by atomic mass is 9.66. The van der Waals surface area contributed by atoms with Crippen LogP contribution in [0.15, 0.2) is 206 Å². The standard InChI is InChI=1S/C49H34N2O/c1-5-18-35(19-6-1)50(36-20-7-2-8-21-36)39-32-33-40-44(34-39)49(41-26-13-15-30-46(41)52-47-31-16-14-27-42(47)49)43-28-17-29-45(48(40)43)51(37-22-9-3-10-23-37)38-24-11-4-12-25-38/h1-34H. The molecule has 0 atom stereocenters. The van der Waals surface area contributed by atoms with E-state index in [1.807, 2.05) is 0 Å². The fourth-order valence-electron chi connectivity index (χ4n) is 8.42. The smallest absolute Gasteiger partial charge is 0.132 e. The minimum absolute atomic E-state index is 0.639. The summed E-state index contributed by atoms with van der Waals surface area (Å²) in [6, 6.07) is 73.7. The molecule has 3 nitrogen and oxygen atoms in total. The largest absolute Gasteiger partial charge is 0.457 e. The van der Waals surface area contributed by atoms with Crippen molar-refractivity contribution in [2.24, 2.45) is 0 Å². The third-order valence-electron chi connectivity index (χ3n) is 10.5. The third-order valence-corrected chi connectivity index (χ3v) is 10.5. The predicted octanol–water partition coefficient (Wildman–Crippen LogP) is 13.1. The first-order valence-corrected chi connectivity index (χ1v) is 17.8. The molecule has 0 saturated carbocycles. The van der Waals surface area contributed by atoms with Crippen LogP contribution >= 0.6 is 0 Å². The van der Waals surface area contributed by atoms with Crippen molar-refractivity contribution in [1.82, 2.24) is 0 Å². The number of rotatable bonds is 6. The van der Waals surface area contributed by atoms with Crippen LogP contribution in [0.1, 0.15) is 22.3 Å². The maximum atomic E-state index is 6.71. The van der Waals surface area contributed by atoms with E-state index in [0.29, 0.717) is 0 Å². The van der Waals surface area contributed by atoms with Crippen LogP contribution in [-0.2, 0) is 5.41 Å². The van der Waals surface area contributed by atoms with Crippen molar-refractivity contribution in [1.29, 1.82) is 0 Å². The van der Waals surface area contributed by atoms with Gasteiger partial charge in [0.15, 0.2) is 0 Å². The first kappa shape index (κ1) is 30.0. The average molecular weight is 667 g/mol. The molecule has 0 radical (unpaired) electrons. The molecule has 0 fully saturated rings. The molecule has 52 heavy (non-hydrogen) atoms. The molecule has 0 aromatic heterocycles. The Hall–Kier alpha value is -6.84. The van der Waals surface area contributed by atoms with Crippen LogP contribution in [0.4, 0.5) is 34.1 Å². The number of hydrogen-bond donors (Lipinski definition) is 0. The van der Waals surface area contributed by atoms with E-state index in [0.717, 1.165) is 56.8 Å². The van der Waals surface area contributed by atoms with E-state index in [1.54, 1.807) is 0 Å². The van der Waals surface area contributed by atoms with E-state index in [1.165, 1.54) is 22.3 Å². The molecule has 0 bridgehead atoms. The minimum atomic E-state index is -0.639. The Kier molecular flexibility index (Phi) is 7.04. The molecule has 0 saturated heterocycles. The van der Waals surface area contributed by atoms with Crippen LogP contribution in [-0.4, -0.2) is 0 Å². The van der Waals surface area contributed by atoms with Crippen LogP contribution < -0.4 is 14.5 Å². The molecule has 0 N–H and O–H groups in total. The molecule has 8 aromatic rings. The third kappa shape index (κ3) is 4.53. The number of anilines is 6. The SMILES string of the molecule is c1ccc(N(c2ccccc2)c2ccc3c(c2)C2(c4ccccc4Oc4ccccc42)c2cccc(N(c4ccccc4)c4ccccc4)c2-3)cc1. The van der Waals surface area contributed by atoms with Crippen molar-refractivity contribution in [2.75, 3.05) is 9.80 Å². The summed E-state index contributed by atoms with van der Waals surface area (Å²) in [5.74, 6) is 1.75. The van der Waals surface area contributed by atoms with Crippen molar-refractivity contribution < 1.29 is 4.74 Å². The van der Waals surface area contributed by atoms with Gasteiger partial charge in [0.1, 0.15) is 11.5 Å². The zero-order valence-corrected chi connectivity index (χ0v) is 28.4. The highest BCUT2D eigenvalue weighted by Crippen LogP contribution is 2.64. The van der Waals surface area contributed by atoms with Crippen molar-refractivity contribution in [3.63, 3.8) is 0 Å². The zero-order chi connectivity index (χ0) is 34.5. The highest BCUT2D eigenvalue weighted by Gasteiger charge is 2.52. The molecule has 3 heteroatoms. The summed E-state index contributed by atoms with van der Waals surface area (Å²) in [6.07, 6.45) is 0. The second-order valence-electron chi connectivity index (χ2n) is 13.3. The lowest BCUT2D eigenvalue weighted by Crippen LogP contribution is -2.32. The number of fused-ring (bicyclic) bond motifs is 9. The number of nitrogens with zero attached hydrogens (tertiary/aromatic N) is 2. The maximum Gasteiger partial charge on any atom is 0.132 e. The van der Waals surface area contributed by atoms with Crippen LogP contribution in [0.2, 0.25) is 0 Å². The lowest BCUT2D eigenvalue weighted by molar-refractivity contribution is 0.436. The van der Waals surface area contributed by atoms with Gasteiger partial charge in [0.2, 0.25) is 0 Å². The monoisotopic (exact) mass is 666 g/mol. The Bertz CT molecular complexity index is 2430. The van der Waals surface area contributed by atoms with Gasteiger partial charge in [-0.1, -0.05) is 127 Å². The Morgan fingerprint density at radius 3 is 1.29 bits per heavy atom. The number of benzene rings is 8. The van der Waals surface area contributed by atoms with Gasteiger partial charge < -0.3 is 14.5 Å². The second-order valence-corrected chi connectivity index (χ2v) is 13.3. The lowest BCUT2D eigenvalue weighted by Gasteiger charge is -2.40. The molecular formula is C49H34N2O. The highest BCUT2D eigenvalue weighted by molar-refractivity contribution is 5.99. The van der Waals surface area contributed by atoms with Gasteiger partial charge in [-0.05, 0) is 95.6 Å². The number of hydrogen-bond acceptors (Lipinski definition) is 3. The Labute approximate surface area is 304 Å². The van der Waals surface area contributed by atoms with Gasteiger partial charge in [0, 0.05) is 45.1 Å². The fraction of sp³-hybridized carbons (Fsp3) is 0.0204. The van der Waals surface area contributed by atoms with E-state index in [2.05, 4.69) is 216 Å². The highest BCUT2D eigenvalue weighted by atomic mass is 16.5. The van der Waals surface area contributed by atoms with Crippen molar-refractivity contribution in [3.05, 3.63) is 229 Å². The Morgan fingerprint density at radius 2 is 0.769 bits per heavy atom. The van der Waals surface area contributed by atoms with E-state index in [4.69, 9.17) is 4.74 Å². The molecule has 1 aliphatic carbocycles. The fourth-order valence-corrected chi connectivity index (χ4v) is 8.42. The van der Waals surface area contributed by atoms with Crippen LogP contribution in [0.3, 0.4) is 0 Å². The van der Waals surface area contributed by atoms with Crippen molar-refractivity contribution in [2.45, 2.75) is 5.41 Å². The summed E-state index contributed by atoms with van der Waals surface area (Å²) >= 11 is 0. The summed E-state index contributed by atoms with van der Waals surface area (Å²) in [7, 11) is 0. The van der Waals surface area contributed by atoms with Crippen molar-refractivity contribution >= 4 is 34.1 Å². The number of para-hydroxylation sites is 6. The van der Waals surface area contributed by atoms with E-state index in [-0.39, 0.29) is 0 Å². The zero-order valence-electron chi connectivity index (χ0n) is 28.4. The molecule has 0 unspecified atom stereocenters. The summed E-state index contributed by atoms with van der Waals surface area (Å²) in [6.45, 7) is 0. The van der Waals surface area contributed by atoms with E-state index in [9.17, 15) is 0 Å². The molecule has 0 amide bonds. The molecule has 1 spiro atoms. The van der Waals surface area contributed by atoms with Gasteiger partial charge in [0.25, 0.3) is 0 Å². The van der Waals surface area contributed by atoms with E-state index >= 15 is 0 Å². The van der Waals surface area contributed by atoms with Gasteiger partial charge in [-0.3, -0.25) is 0 Å². The topological polar surface area (TPSA) is 15.7 Å². The maximum absolute atomic E-state index is 6.71. The van der Waals surface area contributed by atoms with Crippen LogP contribution in [0.5, 0.6) is 11.5 Å². The van der Waals surface area contributed by atoms with Crippen LogP contribution in [0.25, 0.3) is 11.1 Å². The normalized spacial score (nSPS) is 12.9. The molecule has 1 heterocycles. The summed E-state index contributed by atoms with van der Waals surface area (Å²) in [5.41, 5.74) is 13.2. The first-order chi connectivity index (χ1) is 25.8. The van der Waals surface area contributed by atoms with Crippen LogP contribution in [0, 0.1) is 0 Å². The Morgan fingerprint density at radius 1 is 0.327 bits per heavy atom. The predicted molar refractivity (Wildman–Crippen MR) is 213 cm³/mol. The molecule has 246 valence electrons. The van der Waals surface area contributed by atoms with Gasteiger partial charge >= 0.3 is 0 Å². The second kappa shape index (κ2) is 12.2. The van der Waals surface area contributed by atoms with E-state index < -0.39 is 5.41 Å². The van der Waals surface area contributed by atoms with Gasteiger partial charge in [-0.2, -0.15) is 0 Å². The summed E-state index contributed by atoms with van der Waals surface area (Å²) in [4.78, 5) is 4.75.